The molecule has 0 amide bonds. The molecular weight excluding hydrogens is 302 g/mol. The summed E-state index contributed by atoms with van der Waals surface area (Å²) in [7, 11) is 3.15. The number of aromatic nitrogens is 2. The summed E-state index contributed by atoms with van der Waals surface area (Å²) in [5, 5.41) is 3.86. The highest BCUT2D eigenvalue weighted by molar-refractivity contribution is 9.10. The van der Waals surface area contributed by atoms with Crippen molar-refractivity contribution in [3.63, 3.8) is 0 Å². The molecule has 0 aliphatic carbocycles. The van der Waals surface area contributed by atoms with Crippen LogP contribution in [0, 0.1) is 0 Å². The largest absolute Gasteiger partial charge is 0.497 e. The average Bonchev–Trinajstić information content (AvgIpc) is 2.86. The minimum atomic E-state index is 0.195. The molecule has 96 valence electrons. The van der Waals surface area contributed by atoms with Crippen molar-refractivity contribution in [2.75, 3.05) is 14.2 Å². The smallest absolute Gasteiger partial charge is 0.240 e. The summed E-state index contributed by atoms with van der Waals surface area (Å²) in [6.07, 6.45) is 0. The van der Waals surface area contributed by atoms with Gasteiger partial charge in [0, 0.05) is 0 Å². The van der Waals surface area contributed by atoms with Crippen LogP contribution in [0.15, 0.2) is 21.1 Å². The van der Waals surface area contributed by atoms with Gasteiger partial charge in [-0.3, -0.25) is 0 Å². The molecule has 0 radical (unpaired) electrons. The molecule has 0 aliphatic rings. The summed E-state index contributed by atoms with van der Waals surface area (Å²) in [5.41, 5.74) is 6.11. The van der Waals surface area contributed by atoms with E-state index in [1.807, 2.05) is 0 Å². The van der Waals surface area contributed by atoms with Crippen molar-refractivity contribution in [2.45, 2.75) is 6.54 Å². The van der Waals surface area contributed by atoms with Crippen LogP contribution < -0.4 is 15.2 Å². The number of nitrogens with two attached hydrogens (primary N) is 1. The molecule has 0 saturated heterocycles. The van der Waals surface area contributed by atoms with E-state index in [1.54, 1.807) is 26.4 Å². The van der Waals surface area contributed by atoms with Gasteiger partial charge in [-0.1, -0.05) is 5.16 Å². The molecule has 0 fully saturated rings. The highest BCUT2D eigenvalue weighted by atomic mass is 79.9. The quantitative estimate of drug-likeness (QED) is 0.929. The maximum Gasteiger partial charge on any atom is 0.240 e. The summed E-state index contributed by atoms with van der Waals surface area (Å²) < 4.78 is 16.2. The van der Waals surface area contributed by atoms with E-state index in [-0.39, 0.29) is 6.54 Å². The molecule has 0 saturated carbocycles. The van der Waals surface area contributed by atoms with Crippen LogP contribution in [0.1, 0.15) is 5.89 Å². The van der Waals surface area contributed by atoms with Crippen LogP contribution in [0.4, 0.5) is 0 Å². The first-order valence-electron chi connectivity index (χ1n) is 5.14. The van der Waals surface area contributed by atoms with E-state index in [4.69, 9.17) is 19.7 Å². The molecule has 1 heterocycles. The molecule has 0 bridgehead atoms. The van der Waals surface area contributed by atoms with Crippen molar-refractivity contribution in [1.29, 1.82) is 0 Å². The Bertz CT molecular complexity index is 556. The van der Waals surface area contributed by atoms with Crippen molar-refractivity contribution in [2.24, 2.45) is 5.73 Å². The van der Waals surface area contributed by atoms with Crippen LogP contribution in [-0.2, 0) is 6.54 Å². The Morgan fingerprint density at radius 2 is 2.11 bits per heavy atom. The minimum Gasteiger partial charge on any atom is -0.497 e. The summed E-state index contributed by atoms with van der Waals surface area (Å²) >= 11 is 3.40. The SMILES string of the molecule is COc1cc(Br)c(OC)c(-c2noc(CN)n2)c1. The number of rotatable bonds is 4. The van der Waals surface area contributed by atoms with Gasteiger partial charge < -0.3 is 19.7 Å². The topological polar surface area (TPSA) is 83.4 Å². The molecule has 0 aliphatic heterocycles. The predicted molar refractivity (Wildman–Crippen MR) is 68.4 cm³/mol. The monoisotopic (exact) mass is 313 g/mol. The van der Waals surface area contributed by atoms with Crippen LogP contribution in [0.3, 0.4) is 0 Å². The molecule has 0 unspecified atom stereocenters. The Kier molecular flexibility index (Phi) is 3.83. The highest BCUT2D eigenvalue weighted by Gasteiger charge is 2.17. The van der Waals surface area contributed by atoms with E-state index in [1.165, 1.54) is 0 Å². The van der Waals surface area contributed by atoms with Gasteiger partial charge >= 0.3 is 0 Å². The molecule has 0 atom stereocenters. The Morgan fingerprint density at radius 3 is 2.67 bits per heavy atom. The zero-order chi connectivity index (χ0) is 13.1. The molecular formula is C11H12BrN3O3. The van der Waals surface area contributed by atoms with Crippen LogP contribution in [0.25, 0.3) is 11.4 Å². The minimum absolute atomic E-state index is 0.195. The van der Waals surface area contributed by atoms with E-state index < -0.39 is 0 Å². The number of halogens is 1. The zero-order valence-electron chi connectivity index (χ0n) is 9.94. The lowest BCUT2D eigenvalue weighted by Gasteiger charge is -2.09. The Balaban J connectivity index is 2.56. The molecule has 7 heteroatoms. The maximum absolute atomic E-state index is 5.44. The molecule has 18 heavy (non-hydrogen) atoms. The first kappa shape index (κ1) is 12.8. The predicted octanol–water partition coefficient (Wildman–Crippen LogP) is 1.97. The fourth-order valence-corrected chi connectivity index (χ4v) is 2.11. The summed E-state index contributed by atoms with van der Waals surface area (Å²) in [4.78, 5) is 4.16. The lowest BCUT2D eigenvalue weighted by molar-refractivity contribution is 0.379. The fraction of sp³-hybridized carbons (Fsp3) is 0.273. The van der Waals surface area contributed by atoms with Crippen molar-refractivity contribution < 1.29 is 14.0 Å². The average molecular weight is 314 g/mol. The van der Waals surface area contributed by atoms with Crippen LogP contribution in [0.2, 0.25) is 0 Å². The van der Waals surface area contributed by atoms with Gasteiger partial charge in [0.15, 0.2) is 0 Å². The van der Waals surface area contributed by atoms with Gasteiger partial charge in [0.05, 0.1) is 30.8 Å². The number of hydrogen-bond acceptors (Lipinski definition) is 6. The van der Waals surface area contributed by atoms with E-state index in [2.05, 4.69) is 26.1 Å². The molecule has 2 rings (SSSR count). The van der Waals surface area contributed by atoms with E-state index in [9.17, 15) is 0 Å². The number of ether oxygens (including phenoxy) is 2. The Hall–Kier alpha value is -1.60. The third-order valence-corrected chi connectivity index (χ3v) is 2.93. The second kappa shape index (κ2) is 5.36. The van der Waals surface area contributed by atoms with Crippen molar-refractivity contribution >= 4 is 15.9 Å². The first-order valence-corrected chi connectivity index (χ1v) is 5.93. The normalized spacial score (nSPS) is 10.4. The van der Waals surface area contributed by atoms with Gasteiger partial charge in [-0.15, -0.1) is 0 Å². The van der Waals surface area contributed by atoms with Gasteiger partial charge in [0.1, 0.15) is 11.5 Å². The molecule has 0 spiro atoms. The lowest BCUT2D eigenvalue weighted by atomic mass is 10.2. The van der Waals surface area contributed by atoms with E-state index in [0.717, 1.165) is 4.47 Å². The number of nitrogens with zero attached hydrogens (tertiary/aromatic N) is 2. The molecule has 1 aromatic heterocycles. The van der Waals surface area contributed by atoms with Crippen molar-refractivity contribution in [3.05, 3.63) is 22.5 Å². The molecule has 1 aromatic carbocycles. The Morgan fingerprint density at radius 1 is 1.33 bits per heavy atom. The standard InChI is InChI=1S/C11H12BrN3O3/c1-16-6-3-7(10(17-2)8(12)4-6)11-14-9(5-13)18-15-11/h3-4H,5,13H2,1-2H3. The first-order chi connectivity index (χ1) is 8.69. The van der Waals surface area contributed by atoms with Crippen LogP contribution in [0.5, 0.6) is 11.5 Å². The fourth-order valence-electron chi connectivity index (χ4n) is 1.51. The third-order valence-electron chi connectivity index (χ3n) is 2.34. The molecule has 6 nitrogen and oxygen atoms in total. The summed E-state index contributed by atoms with van der Waals surface area (Å²) in [5.74, 6) is 2.05. The number of methoxy groups -OCH3 is 2. The maximum atomic E-state index is 5.44. The summed E-state index contributed by atoms with van der Waals surface area (Å²) in [6.45, 7) is 0.195. The van der Waals surface area contributed by atoms with Gasteiger partial charge in [-0.05, 0) is 28.1 Å². The lowest BCUT2D eigenvalue weighted by Crippen LogP contribution is -1.96. The Labute approximate surface area is 112 Å². The van der Waals surface area contributed by atoms with E-state index >= 15 is 0 Å². The van der Waals surface area contributed by atoms with E-state index in [0.29, 0.717) is 28.8 Å². The van der Waals surface area contributed by atoms with Gasteiger partial charge in [-0.2, -0.15) is 4.98 Å². The van der Waals surface area contributed by atoms with Gasteiger partial charge in [0.2, 0.25) is 11.7 Å². The molecule has 2 aromatic rings. The molecule has 2 N–H and O–H groups in total. The summed E-state index contributed by atoms with van der Waals surface area (Å²) in [6, 6.07) is 3.57. The second-order valence-electron chi connectivity index (χ2n) is 3.41. The second-order valence-corrected chi connectivity index (χ2v) is 4.26. The zero-order valence-corrected chi connectivity index (χ0v) is 11.5. The third kappa shape index (κ3) is 2.32. The van der Waals surface area contributed by atoms with Crippen LogP contribution >= 0.6 is 15.9 Å². The van der Waals surface area contributed by atoms with Crippen molar-refractivity contribution in [3.8, 4) is 22.9 Å². The highest BCUT2D eigenvalue weighted by Crippen LogP contribution is 2.38. The van der Waals surface area contributed by atoms with Gasteiger partial charge in [0.25, 0.3) is 0 Å². The number of benzene rings is 1. The van der Waals surface area contributed by atoms with Crippen LogP contribution in [-0.4, -0.2) is 24.4 Å². The number of hydrogen-bond donors (Lipinski definition) is 1. The van der Waals surface area contributed by atoms with Gasteiger partial charge in [-0.25, -0.2) is 0 Å². The van der Waals surface area contributed by atoms with Crippen molar-refractivity contribution in [1.82, 2.24) is 10.1 Å².